The summed E-state index contributed by atoms with van der Waals surface area (Å²) < 4.78 is 1.52. The lowest BCUT2D eigenvalue weighted by Crippen LogP contribution is -2.37. The molecule has 18 heavy (non-hydrogen) atoms. The summed E-state index contributed by atoms with van der Waals surface area (Å²) in [6.07, 6.45) is 2.08. The fourth-order valence-corrected chi connectivity index (χ4v) is 2.22. The number of carbonyl (C=O) groups is 2. The molecule has 2 N–H and O–H groups in total. The van der Waals surface area contributed by atoms with Crippen molar-refractivity contribution in [2.45, 2.75) is 18.9 Å². The molecule has 96 valence electrons. The van der Waals surface area contributed by atoms with Crippen molar-refractivity contribution in [1.82, 2.24) is 10.6 Å². The Bertz CT molecular complexity index is 487. The van der Waals surface area contributed by atoms with Gasteiger partial charge in [-0.2, -0.15) is 0 Å². The molecule has 6 heteroatoms. The second kappa shape index (κ2) is 5.84. The van der Waals surface area contributed by atoms with Gasteiger partial charge in [0, 0.05) is 15.0 Å². The van der Waals surface area contributed by atoms with Crippen LogP contribution in [-0.4, -0.2) is 24.4 Å². The summed E-state index contributed by atoms with van der Waals surface area (Å²) in [5.41, 5.74) is 0.503. The monoisotopic (exact) mass is 374 g/mol. The first kappa shape index (κ1) is 13.5. The summed E-state index contributed by atoms with van der Waals surface area (Å²) in [5.74, 6) is -0.411. The number of hydrogen-bond donors (Lipinski definition) is 2. The van der Waals surface area contributed by atoms with Crippen LogP contribution < -0.4 is 10.6 Å². The molecule has 1 fully saturated rings. The molecule has 0 aliphatic heterocycles. The predicted molar refractivity (Wildman–Crippen MR) is 75.3 cm³/mol. The van der Waals surface area contributed by atoms with Crippen LogP contribution in [0, 0.1) is 0 Å². The van der Waals surface area contributed by atoms with Gasteiger partial charge < -0.3 is 10.6 Å². The van der Waals surface area contributed by atoms with Crippen LogP contribution in [0.25, 0.3) is 0 Å². The molecule has 1 aromatic carbocycles. The van der Waals surface area contributed by atoms with E-state index in [1.807, 2.05) is 6.07 Å². The maximum Gasteiger partial charge on any atom is 0.252 e. The molecule has 0 bridgehead atoms. The van der Waals surface area contributed by atoms with Gasteiger partial charge in [-0.15, -0.1) is 0 Å². The standard InChI is InChI=1S/C12H12Br2N2O2/c13-7-1-4-10(14)9(5-7)12(18)15-6-11(17)16-8-2-3-8/h1,4-5,8H,2-3,6H2,(H,15,18)(H,16,17). The minimum Gasteiger partial charge on any atom is -0.352 e. The Kier molecular flexibility index (Phi) is 4.40. The van der Waals surface area contributed by atoms with Crippen LogP contribution in [0.2, 0.25) is 0 Å². The molecule has 4 nitrogen and oxygen atoms in total. The van der Waals surface area contributed by atoms with E-state index < -0.39 is 0 Å². The van der Waals surface area contributed by atoms with E-state index in [1.165, 1.54) is 0 Å². The number of carbonyl (C=O) groups excluding carboxylic acids is 2. The van der Waals surface area contributed by atoms with Gasteiger partial charge in [-0.1, -0.05) is 15.9 Å². The van der Waals surface area contributed by atoms with E-state index >= 15 is 0 Å². The van der Waals surface area contributed by atoms with E-state index in [0.29, 0.717) is 16.1 Å². The number of benzene rings is 1. The number of nitrogens with one attached hydrogen (secondary N) is 2. The van der Waals surface area contributed by atoms with Gasteiger partial charge in [0.05, 0.1) is 12.1 Å². The summed E-state index contributed by atoms with van der Waals surface area (Å²) in [6, 6.07) is 5.63. The average molecular weight is 376 g/mol. The summed E-state index contributed by atoms with van der Waals surface area (Å²) in [7, 11) is 0. The fourth-order valence-electron chi connectivity index (χ4n) is 1.43. The highest BCUT2D eigenvalue weighted by molar-refractivity contribution is 9.11. The Morgan fingerprint density at radius 1 is 1.28 bits per heavy atom. The SMILES string of the molecule is O=C(CNC(=O)c1cc(Br)ccc1Br)NC1CC1. The van der Waals surface area contributed by atoms with Crippen LogP contribution in [0.4, 0.5) is 0 Å². The molecule has 1 aliphatic carbocycles. The third-order valence-corrected chi connectivity index (χ3v) is 3.71. The van der Waals surface area contributed by atoms with Crippen LogP contribution >= 0.6 is 31.9 Å². The zero-order valence-corrected chi connectivity index (χ0v) is 12.7. The minimum absolute atomic E-state index is 0.00822. The molecule has 0 unspecified atom stereocenters. The summed E-state index contributed by atoms with van der Waals surface area (Å²) in [6.45, 7) is 0.00822. The maximum absolute atomic E-state index is 11.9. The van der Waals surface area contributed by atoms with Crippen LogP contribution in [0.1, 0.15) is 23.2 Å². The lowest BCUT2D eigenvalue weighted by atomic mass is 10.2. The van der Waals surface area contributed by atoms with Crippen molar-refractivity contribution in [2.24, 2.45) is 0 Å². The average Bonchev–Trinajstić information content (AvgIpc) is 3.13. The van der Waals surface area contributed by atoms with Crippen LogP contribution in [0.15, 0.2) is 27.1 Å². The molecule has 2 rings (SSSR count). The van der Waals surface area contributed by atoms with Crippen molar-refractivity contribution in [2.75, 3.05) is 6.54 Å². The van der Waals surface area contributed by atoms with Crippen molar-refractivity contribution >= 4 is 43.7 Å². The molecule has 0 aromatic heterocycles. The molecule has 0 saturated heterocycles. The van der Waals surface area contributed by atoms with E-state index in [1.54, 1.807) is 12.1 Å². The van der Waals surface area contributed by atoms with Gasteiger partial charge in [-0.3, -0.25) is 9.59 Å². The minimum atomic E-state index is -0.269. The van der Waals surface area contributed by atoms with Crippen LogP contribution in [-0.2, 0) is 4.79 Å². The molecule has 0 radical (unpaired) electrons. The highest BCUT2D eigenvalue weighted by atomic mass is 79.9. The van der Waals surface area contributed by atoms with E-state index in [-0.39, 0.29) is 18.4 Å². The second-order valence-electron chi connectivity index (χ2n) is 4.15. The van der Waals surface area contributed by atoms with Gasteiger partial charge in [0.15, 0.2) is 0 Å². The largest absolute Gasteiger partial charge is 0.352 e. The number of amides is 2. The highest BCUT2D eigenvalue weighted by Crippen LogP contribution is 2.21. The first-order valence-electron chi connectivity index (χ1n) is 5.59. The third kappa shape index (κ3) is 3.81. The Labute approximate surface area is 122 Å². The van der Waals surface area contributed by atoms with Crippen molar-refractivity contribution in [3.05, 3.63) is 32.7 Å². The number of rotatable bonds is 4. The van der Waals surface area contributed by atoms with Gasteiger partial charge >= 0.3 is 0 Å². The van der Waals surface area contributed by atoms with Crippen molar-refractivity contribution in [3.63, 3.8) is 0 Å². The normalized spacial score (nSPS) is 14.1. The fraction of sp³-hybridized carbons (Fsp3) is 0.333. The Balaban J connectivity index is 1.90. The summed E-state index contributed by atoms with van der Waals surface area (Å²) >= 11 is 6.61. The highest BCUT2D eigenvalue weighted by Gasteiger charge is 2.23. The van der Waals surface area contributed by atoms with Crippen molar-refractivity contribution < 1.29 is 9.59 Å². The maximum atomic E-state index is 11.9. The number of halogens is 2. The first-order chi connectivity index (χ1) is 8.56. The smallest absolute Gasteiger partial charge is 0.252 e. The third-order valence-electron chi connectivity index (χ3n) is 2.52. The van der Waals surface area contributed by atoms with Gasteiger partial charge in [-0.05, 0) is 47.0 Å². The molecular weight excluding hydrogens is 364 g/mol. The predicted octanol–water partition coefficient (Wildman–Crippen LogP) is 2.22. The van der Waals surface area contributed by atoms with E-state index in [4.69, 9.17) is 0 Å². The Hall–Kier alpha value is -0.880. The second-order valence-corrected chi connectivity index (χ2v) is 5.92. The van der Waals surface area contributed by atoms with Gasteiger partial charge in [0.25, 0.3) is 5.91 Å². The van der Waals surface area contributed by atoms with Gasteiger partial charge in [0.1, 0.15) is 0 Å². The lowest BCUT2D eigenvalue weighted by molar-refractivity contribution is -0.120. The molecule has 0 atom stereocenters. The summed E-state index contributed by atoms with van der Waals surface area (Å²) in [4.78, 5) is 23.3. The first-order valence-corrected chi connectivity index (χ1v) is 7.17. The Morgan fingerprint density at radius 2 is 2.00 bits per heavy atom. The van der Waals surface area contributed by atoms with Gasteiger partial charge in [-0.25, -0.2) is 0 Å². The molecule has 1 aromatic rings. The van der Waals surface area contributed by atoms with Crippen molar-refractivity contribution in [1.29, 1.82) is 0 Å². The zero-order chi connectivity index (χ0) is 13.1. The van der Waals surface area contributed by atoms with Crippen LogP contribution in [0.5, 0.6) is 0 Å². The zero-order valence-electron chi connectivity index (χ0n) is 9.50. The van der Waals surface area contributed by atoms with Gasteiger partial charge in [0.2, 0.25) is 5.91 Å². The lowest BCUT2D eigenvalue weighted by Gasteiger charge is -2.07. The number of hydrogen-bond acceptors (Lipinski definition) is 2. The quantitative estimate of drug-likeness (QED) is 0.847. The molecule has 0 heterocycles. The molecule has 0 spiro atoms. The van der Waals surface area contributed by atoms with E-state index in [0.717, 1.165) is 17.3 Å². The molecule has 2 amide bonds. The van der Waals surface area contributed by atoms with Crippen molar-refractivity contribution in [3.8, 4) is 0 Å². The molecule has 1 saturated carbocycles. The van der Waals surface area contributed by atoms with Crippen LogP contribution in [0.3, 0.4) is 0 Å². The van der Waals surface area contributed by atoms with E-state index in [9.17, 15) is 9.59 Å². The Morgan fingerprint density at radius 3 is 2.67 bits per heavy atom. The van der Waals surface area contributed by atoms with E-state index in [2.05, 4.69) is 42.5 Å². The molecular formula is C12H12Br2N2O2. The molecule has 1 aliphatic rings. The summed E-state index contributed by atoms with van der Waals surface area (Å²) in [5, 5.41) is 5.41. The topological polar surface area (TPSA) is 58.2 Å².